The van der Waals surface area contributed by atoms with Crippen LogP contribution in [0.1, 0.15) is 37.5 Å². The monoisotopic (exact) mass is 355 g/mol. The molecule has 0 spiro atoms. The first-order chi connectivity index (χ1) is 11.4. The van der Waals surface area contributed by atoms with Gasteiger partial charge in [0.2, 0.25) is 21.7 Å². The van der Waals surface area contributed by atoms with Crippen molar-refractivity contribution in [2.24, 2.45) is 0 Å². The number of nitrogens with zero attached hydrogens (tertiary/aromatic N) is 4. The third-order valence-electron chi connectivity index (χ3n) is 4.24. The lowest BCUT2D eigenvalue weighted by Gasteiger charge is -2.15. The molecule has 0 aromatic carbocycles. The van der Waals surface area contributed by atoms with E-state index in [0.29, 0.717) is 18.9 Å². The van der Waals surface area contributed by atoms with E-state index in [-0.39, 0.29) is 23.7 Å². The third kappa shape index (κ3) is 3.58. The topological polar surface area (TPSA) is 114 Å². The van der Waals surface area contributed by atoms with Gasteiger partial charge in [-0.25, -0.2) is 8.42 Å². The Labute approximate surface area is 140 Å². The van der Waals surface area contributed by atoms with Crippen LogP contribution in [-0.4, -0.2) is 65.3 Å². The van der Waals surface area contributed by atoms with Crippen molar-refractivity contribution in [2.45, 2.75) is 43.8 Å². The zero-order valence-corrected chi connectivity index (χ0v) is 14.4. The first-order valence-electron chi connectivity index (χ1n) is 8.07. The van der Waals surface area contributed by atoms with Gasteiger partial charge in [0.15, 0.2) is 0 Å². The van der Waals surface area contributed by atoms with Gasteiger partial charge in [0, 0.05) is 19.1 Å². The molecule has 3 rings (SSSR count). The lowest BCUT2D eigenvalue weighted by atomic mass is 10.4. The molecule has 0 unspecified atom stereocenters. The number of likely N-dealkylation sites (tertiary alicyclic amines) is 1. The predicted octanol–water partition coefficient (Wildman–Crippen LogP) is -0.566. The van der Waals surface area contributed by atoms with Crippen LogP contribution in [0.5, 0.6) is 0 Å². The molecule has 1 saturated heterocycles. The Bertz CT molecular complexity index is 747. The normalized spacial score (nSPS) is 18.0. The maximum absolute atomic E-state index is 12.4. The van der Waals surface area contributed by atoms with Crippen molar-refractivity contribution in [1.29, 1.82) is 0 Å². The van der Waals surface area contributed by atoms with Crippen LogP contribution >= 0.6 is 0 Å². The number of aromatic nitrogens is 3. The van der Waals surface area contributed by atoms with Gasteiger partial charge < -0.3 is 10.2 Å². The average Bonchev–Trinajstić information content (AvgIpc) is 3.05. The molecule has 1 N–H and O–H groups in total. The van der Waals surface area contributed by atoms with Gasteiger partial charge in [-0.1, -0.05) is 0 Å². The zero-order valence-electron chi connectivity index (χ0n) is 13.6. The second-order valence-corrected chi connectivity index (χ2v) is 8.14. The highest BCUT2D eigenvalue weighted by atomic mass is 32.2. The summed E-state index contributed by atoms with van der Waals surface area (Å²) in [7, 11) is -3.89. The van der Waals surface area contributed by atoms with Crippen LogP contribution in [-0.2, 0) is 19.4 Å². The van der Waals surface area contributed by atoms with Crippen LogP contribution in [0.2, 0.25) is 0 Å². The fraction of sp³-hybridized carbons (Fsp3) is 0.714. The van der Waals surface area contributed by atoms with E-state index in [1.165, 1.54) is 0 Å². The van der Waals surface area contributed by atoms with Crippen molar-refractivity contribution in [2.75, 3.05) is 25.4 Å². The molecule has 1 aromatic heterocycles. The number of carbonyl (C=O) groups excluding carboxylic acids is 2. The Morgan fingerprint density at radius 2 is 1.88 bits per heavy atom. The maximum Gasteiger partial charge on any atom is 0.250 e. The Morgan fingerprint density at radius 1 is 1.21 bits per heavy atom. The van der Waals surface area contributed by atoms with Gasteiger partial charge in [0.25, 0.3) is 5.16 Å². The fourth-order valence-electron chi connectivity index (χ4n) is 2.86. The van der Waals surface area contributed by atoms with Gasteiger partial charge in [-0.3, -0.25) is 14.2 Å². The van der Waals surface area contributed by atoms with Gasteiger partial charge in [0.05, 0.1) is 6.54 Å². The van der Waals surface area contributed by atoms with Crippen LogP contribution in [0.15, 0.2) is 5.16 Å². The molecule has 2 heterocycles. The van der Waals surface area contributed by atoms with E-state index in [2.05, 4.69) is 15.5 Å². The molecular formula is C14H21N5O4S. The minimum Gasteiger partial charge on any atom is -0.346 e. The number of amides is 2. The van der Waals surface area contributed by atoms with Crippen LogP contribution in [0.4, 0.5) is 0 Å². The molecule has 132 valence electrons. The molecule has 0 radical (unpaired) electrons. The average molecular weight is 355 g/mol. The SMILES string of the molecule is Cc1nnc(S(=O)(=O)CC(=O)NCC(=O)N2CCCC2)n1C1CC1. The quantitative estimate of drug-likeness (QED) is 0.731. The second-order valence-electron chi connectivity index (χ2n) is 6.25. The summed E-state index contributed by atoms with van der Waals surface area (Å²) < 4.78 is 26.4. The summed E-state index contributed by atoms with van der Waals surface area (Å²) in [5, 5.41) is 9.78. The summed E-state index contributed by atoms with van der Waals surface area (Å²) in [6.07, 6.45) is 3.70. The largest absolute Gasteiger partial charge is 0.346 e. The van der Waals surface area contributed by atoms with E-state index in [1.54, 1.807) is 16.4 Å². The molecule has 1 aliphatic heterocycles. The molecular weight excluding hydrogens is 334 g/mol. The summed E-state index contributed by atoms with van der Waals surface area (Å²) in [5.74, 6) is -1.09. The number of hydrogen-bond donors (Lipinski definition) is 1. The van der Waals surface area contributed by atoms with Gasteiger partial charge in [0.1, 0.15) is 11.6 Å². The van der Waals surface area contributed by atoms with Gasteiger partial charge in [-0.15, -0.1) is 10.2 Å². The lowest BCUT2D eigenvalue weighted by Crippen LogP contribution is -2.40. The van der Waals surface area contributed by atoms with E-state index >= 15 is 0 Å². The lowest BCUT2D eigenvalue weighted by molar-refractivity contribution is -0.131. The summed E-state index contributed by atoms with van der Waals surface area (Å²) in [5.41, 5.74) is 0. The van der Waals surface area contributed by atoms with Crippen molar-refractivity contribution in [3.8, 4) is 0 Å². The number of rotatable bonds is 6. The molecule has 0 bridgehead atoms. The summed E-state index contributed by atoms with van der Waals surface area (Å²) in [6.45, 7) is 2.90. The molecule has 1 aliphatic carbocycles. The molecule has 1 saturated carbocycles. The second kappa shape index (κ2) is 6.50. The number of aryl methyl sites for hydroxylation is 1. The molecule has 2 amide bonds. The predicted molar refractivity (Wildman–Crippen MR) is 83.9 cm³/mol. The fourth-order valence-corrected chi connectivity index (χ4v) is 4.18. The molecule has 10 heteroatoms. The van der Waals surface area contributed by atoms with Crippen LogP contribution in [0.3, 0.4) is 0 Å². The van der Waals surface area contributed by atoms with Crippen LogP contribution in [0.25, 0.3) is 0 Å². The van der Waals surface area contributed by atoms with Crippen molar-refractivity contribution < 1.29 is 18.0 Å². The highest BCUT2D eigenvalue weighted by molar-refractivity contribution is 7.91. The van der Waals surface area contributed by atoms with Crippen LogP contribution < -0.4 is 5.32 Å². The standard InChI is InChI=1S/C14H21N5O4S/c1-10-16-17-14(19(10)11-4-5-11)24(22,23)9-12(20)15-8-13(21)18-6-2-3-7-18/h11H,2-9H2,1H3,(H,15,20). The Balaban J connectivity index is 1.60. The van der Waals surface area contributed by atoms with Gasteiger partial charge >= 0.3 is 0 Å². The van der Waals surface area contributed by atoms with E-state index in [9.17, 15) is 18.0 Å². The molecule has 2 fully saturated rings. The summed E-state index contributed by atoms with van der Waals surface area (Å²) >= 11 is 0. The summed E-state index contributed by atoms with van der Waals surface area (Å²) in [4.78, 5) is 25.5. The highest BCUT2D eigenvalue weighted by Crippen LogP contribution is 2.37. The van der Waals surface area contributed by atoms with E-state index in [4.69, 9.17) is 0 Å². The van der Waals surface area contributed by atoms with Crippen molar-refractivity contribution in [3.05, 3.63) is 5.82 Å². The Hall–Kier alpha value is -1.97. The van der Waals surface area contributed by atoms with E-state index in [0.717, 1.165) is 25.7 Å². The van der Waals surface area contributed by atoms with Crippen LogP contribution in [0, 0.1) is 6.92 Å². The van der Waals surface area contributed by atoms with Crippen molar-refractivity contribution in [1.82, 2.24) is 25.0 Å². The highest BCUT2D eigenvalue weighted by Gasteiger charge is 2.34. The first-order valence-corrected chi connectivity index (χ1v) is 9.72. The minimum absolute atomic E-state index is 0.101. The number of nitrogens with one attached hydrogen (secondary N) is 1. The molecule has 2 aliphatic rings. The minimum atomic E-state index is -3.89. The van der Waals surface area contributed by atoms with E-state index < -0.39 is 21.5 Å². The van der Waals surface area contributed by atoms with Gasteiger partial charge in [-0.05, 0) is 32.6 Å². The molecule has 24 heavy (non-hydrogen) atoms. The first kappa shape index (κ1) is 16.9. The third-order valence-corrected chi connectivity index (χ3v) is 5.72. The molecule has 9 nitrogen and oxygen atoms in total. The Morgan fingerprint density at radius 3 is 2.50 bits per heavy atom. The van der Waals surface area contributed by atoms with Crippen molar-refractivity contribution >= 4 is 21.7 Å². The number of hydrogen-bond acceptors (Lipinski definition) is 6. The zero-order chi connectivity index (χ0) is 17.3. The van der Waals surface area contributed by atoms with Gasteiger partial charge in [-0.2, -0.15) is 0 Å². The maximum atomic E-state index is 12.4. The Kier molecular flexibility index (Phi) is 4.57. The smallest absolute Gasteiger partial charge is 0.250 e. The van der Waals surface area contributed by atoms with Crippen molar-refractivity contribution in [3.63, 3.8) is 0 Å². The molecule has 0 atom stereocenters. The number of carbonyl (C=O) groups is 2. The number of sulfone groups is 1. The molecule has 1 aromatic rings. The van der Waals surface area contributed by atoms with E-state index in [1.807, 2.05) is 0 Å². The summed E-state index contributed by atoms with van der Waals surface area (Å²) in [6, 6.07) is 0.101.